The minimum absolute atomic E-state index is 0.00767. The number of carbonyl (C=O) groups excluding carboxylic acids is 1. The number of nitrogens with two attached hydrogens (primary N) is 1. The SMILES string of the molecule is CCCCNC(=O)c1ccc(C(F)(F)F)c(-n2nc(CC)n(Cc3ccc(-c4ccccc4S(N)(=O)=O)cc3F)c2=O)c1. The van der Waals surface area contributed by atoms with Gasteiger partial charge in [0.15, 0.2) is 0 Å². The van der Waals surface area contributed by atoms with Crippen molar-refractivity contribution in [3.8, 4) is 16.8 Å². The van der Waals surface area contributed by atoms with Gasteiger partial charge in [-0.2, -0.15) is 17.9 Å². The Bertz CT molecular complexity index is 1830. The van der Waals surface area contributed by atoms with Gasteiger partial charge in [0.25, 0.3) is 5.91 Å². The molecule has 1 heterocycles. The largest absolute Gasteiger partial charge is 0.418 e. The maximum absolute atomic E-state index is 15.3. The van der Waals surface area contributed by atoms with Crippen molar-refractivity contribution in [2.75, 3.05) is 6.54 Å². The summed E-state index contributed by atoms with van der Waals surface area (Å²) in [5.74, 6) is -1.30. The number of nitrogens with one attached hydrogen (secondary N) is 1. The van der Waals surface area contributed by atoms with Gasteiger partial charge in [-0.1, -0.05) is 50.6 Å². The Morgan fingerprint density at radius 1 is 1.05 bits per heavy atom. The number of aryl methyl sites for hydroxylation is 1. The van der Waals surface area contributed by atoms with Crippen LogP contribution < -0.4 is 16.1 Å². The van der Waals surface area contributed by atoms with Crippen molar-refractivity contribution in [1.82, 2.24) is 19.7 Å². The van der Waals surface area contributed by atoms with Crippen molar-refractivity contribution in [1.29, 1.82) is 0 Å². The molecule has 0 bridgehead atoms. The number of primary sulfonamides is 1. The highest BCUT2D eigenvalue weighted by Crippen LogP contribution is 2.34. The Labute approximate surface area is 245 Å². The van der Waals surface area contributed by atoms with Crippen molar-refractivity contribution in [2.45, 2.75) is 50.7 Å². The average molecular weight is 620 g/mol. The minimum atomic E-state index is -4.86. The van der Waals surface area contributed by atoms with E-state index in [1.807, 2.05) is 6.92 Å². The summed E-state index contributed by atoms with van der Waals surface area (Å²) in [6, 6.07) is 12.4. The lowest BCUT2D eigenvalue weighted by molar-refractivity contribution is -0.137. The topological polar surface area (TPSA) is 129 Å². The Hall–Kier alpha value is -4.30. The Balaban J connectivity index is 1.76. The van der Waals surface area contributed by atoms with Gasteiger partial charge in [0.1, 0.15) is 11.6 Å². The van der Waals surface area contributed by atoms with E-state index in [0.29, 0.717) is 17.6 Å². The second kappa shape index (κ2) is 12.5. The molecule has 0 aliphatic rings. The first kappa shape index (κ1) is 31.6. The maximum atomic E-state index is 15.3. The Morgan fingerprint density at radius 3 is 2.40 bits per heavy atom. The summed E-state index contributed by atoms with van der Waals surface area (Å²) in [6.45, 7) is 3.51. The monoisotopic (exact) mass is 619 g/mol. The lowest BCUT2D eigenvalue weighted by Gasteiger charge is -2.14. The fraction of sp³-hybridized carbons (Fsp3) is 0.276. The van der Waals surface area contributed by atoms with Crippen molar-refractivity contribution < 1.29 is 30.8 Å². The molecule has 3 aromatic carbocycles. The molecule has 0 aliphatic heterocycles. The van der Waals surface area contributed by atoms with Crippen molar-refractivity contribution in [3.05, 3.63) is 99.5 Å². The molecule has 43 heavy (non-hydrogen) atoms. The number of benzene rings is 3. The molecule has 4 aromatic rings. The number of amides is 1. The summed E-state index contributed by atoms with van der Waals surface area (Å²) in [5.41, 5.74) is -2.45. The molecule has 0 saturated carbocycles. The van der Waals surface area contributed by atoms with E-state index in [2.05, 4.69) is 10.4 Å². The first-order valence-electron chi connectivity index (χ1n) is 13.3. The normalized spacial score (nSPS) is 12.0. The fourth-order valence-corrected chi connectivity index (χ4v) is 5.31. The number of rotatable bonds is 10. The first-order chi connectivity index (χ1) is 20.3. The van der Waals surface area contributed by atoms with Gasteiger partial charge < -0.3 is 5.32 Å². The number of hydrogen-bond donors (Lipinski definition) is 2. The van der Waals surface area contributed by atoms with E-state index in [0.717, 1.165) is 35.3 Å². The highest BCUT2D eigenvalue weighted by atomic mass is 32.2. The zero-order valence-electron chi connectivity index (χ0n) is 23.3. The van der Waals surface area contributed by atoms with E-state index in [9.17, 15) is 31.2 Å². The molecule has 4 rings (SSSR count). The molecule has 14 heteroatoms. The zero-order valence-corrected chi connectivity index (χ0v) is 24.1. The van der Waals surface area contributed by atoms with E-state index in [1.54, 1.807) is 13.0 Å². The fourth-order valence-electron chi connectivity index (χ4n) is 4.55. The predicted octanol–water partition coefficient (Wildman–Crippen LogP) is 4.65. The zero-order chi connectivity index (χ0) is 31.5. The molecule has 0 fully saturated rings. The molecule has 3 N–H and O–H groups in total. The predicted molar refractivity (Wildman–Crippen MR) is 152 cm³/mol. The molecule has 0 aliphatic carbocycles. The van der Waals surface area contributed by atoms with Crippen LogP contribution >= 0.6 is 0 Å². The average Bonchev–Trinajstić information content (AvgIpc) is 3.27. The molecule has 0 spiro atoms. The third kappa shape index (κ3) is 6.86. The van der Waals surface area contributed by atoms with Gasteiger partial charge in [0, 0.05) is 29.7 Å². The number of carbonyl (C=O) groups is 1. The molecular formula is C29H29F4N5O4S. The van der Waals surface area contributed by atoms with Crippen LogP contribution in [0.25, 0.3) is 16.8 Å². The third-order valence-electron chi connectivity index (χ3n) is 6.75. The molecule has 9 nitrogen and oxygen atoms in total. The molecule has 228 valence electrons. The second-order valence-corrected chi connectivity index (χ2v) is 11.3. The Morgan fingerprint density at radius 2 is 1.77 bits per heavy atom. The molecular weight excluding hydrogens is 590 g/mol. The lowest BCUT2D eigenvalue weighted by Crippen LogP contribution is -2.28. The smallest absolute Gasteiger partial charge is 0.352 e. The molecule has 1 amide bonds. The number of alkyl halides is 3. The molecule has 0 atom stereocenters. The van der Waals surface area contributed by atoms with Gasteiger partial charge in [-0.05, 0) is 42.3 Å². The highest BCUT2D eigenvalue weighted by Gasteiger charge is 2.35. The van der Waals surface area contributed by atoms with E-state index >= 15 is 4.39 Å². The minimum Gasteiger partial charge on any atom is -0.352 e. The van der Waals surface area contributed by atoms with Gasteiger partial charge in [-0.25, -0.2) is 22.7 Å². The van der Waals surface area contributed by atoms with Crippen LogP contribution in [0.4, 0.5) is 17.6 Å². The van der Waals surface area contributed by atoms with Crippen molar-refractivity contribution in [3.63, 3.8) is 0 Å². The highest BCUT2D eigenvalue weighted by molar-refractivity contribution is 7.89. The number of sulfonamides is 1. The van der Waals surface area contributed by atoms with Gasteiger partial charge in [-0.15, -0.1) is 5.10 Å². The quantitative estimate of drug-likeness (QED) is 0.197. The summed E-state index contributed by atoms with van der Waals surface area (Å²) < 4.78 is 82.8. The molecule has 0 saturated heterocycles. The van der Waals surface area contributed by atoms with Crippen LogP contribution in [0, 0.1) is 5.82 Å². The van der Waals surface area contributed by atoms with E-state index < -0.39 is 44.9 Å². The summed E-state index contributed by atoms with van der Waals surface area (Å²) >= 11 is 0. The maximum Gasteiger partial charge on any atom is 0.418 e. The number of nitrogens with zero attached hydrogens (tertiary/aromatic N) is 3. The number of halogens is 4. The molecule has 0 unspecified atom stereocenters. The standard InChI is InChI=1S/C29H29F4N5O4S/c1-3-5-14-35-27(39)19-12-13-22(29(31,32)33)24(16-19)38-28(40)37(26(4-2)36-38)17-20-11-10-18(15-23(20)30)21-8-6-7-9-25(21)43(34,41)42/h6-13,15-16H,3-5,14,17H2,1-2H3,(H,35,39)(H2,34,41,42). The third-order valence-corrected chi connectivity index (χ3v) is 7.72. The van der Waals surface area contributed by atoms with Crippen molar-refractivity contribution >= 4 is 15.9 Å². The summed E-state index contributed by atoms with van der Waals surface area (Å²) in [5, 5.41) is 12.0. The van der Waals surface area contributed by atoms with E-state index in [4.69, 9.17) is 5.14 Å². The van der Waals surface area contributed by atoms with Gasteiger partial charge >= 0.3 is 11.9 Å². The van der Waals surface area contributed by atoms with Crippen LogP contribution in [0.3, 0.4) is 0 Å². The van der Waals surface area contributed by atoms with Gasteiger partial charge in [0.05, 0.1) is 22.7 Å². The summed E-state index contributed by atoms with van der Waals surface area (Å²) in [4.78, 5) is 25.8. The van der Waals surface area contributed by atoms with E-state index in [-0.39, 0.29) is 45.9 Å². The van der Waals surface area contributed by atoms with Crippen LogP contribution in [0.5, 0.6) is 0 Å². The number of unbranched alkanes of at least 4 members (excludes halogenated alkanes) is 1. The molecule has 0 radical (unpaired) electrons. The summed E-state index contributed by atoms with van der Waals surface area (Å²) in [7, 11) is -4.10. The van der Waals surface area contributed by atoms with Crippen LogP contribution in [-0.4, -0.2) is 35.2 Å². The van der Waals surface area contributed by atoms with Crippen LogP contribution in [0.1, 0.15) is 54.0 Å². The second-order valence-electron chi connectivity index (χ2n) is 9.74. The lowest BCUT2D eigenvalue weighted by atomic mass is 10.0. The summed E-state index contributed by atoms with van der Waals surface area (Å²) in [6.07, 6.45) is -3.25. The van der Waals surface area contributed by atoms with Crippen LogP contribution in [-0.2, 0) is 29.2 Å². The Kier molecular flexibility index (Phi) is 9.21. The van der Waals surface area contributed by atoms with Crippen LogP contribution in [0.15, 0.2) is 70.4 Å². The number of hydrogen-bond acceptors (Lipinski definition) is 5. The van der Waals surface area contributed by atoms with E-state index in [1.165, 1.54) is 30.3 Å². The van der Waals surface area contributed by atoms with Gasteiger partial charge in [-0.3, -0.25) is 9.36 Å². The van der Waals surface area contributed by atoms with Gasteiger partial charge in [0.2, 0.25) is 10.0 Å². The molecule has 1 aromatic heterocycles. The van der Waals surface area contributed by atoms with Crippen molar-refractivity contribution in [2.24, 2.45) is 5.14 Å². The van der Waals surface area contributed by atoms with Crippen LogP contribution in [0.2, 0.25) is 0 Å². The number of aromatic nitrogens is 3. The first-order valence-corrected chi connectivity index (χ1v) is 14.9.